The van der Waals surface area contributed by atoms with E-state index in [1.165, 1.54) is 32.1 Å². The van der Waals surface area contributed by atoms with E-state index in [0.717, 1.165) is 18.9 Å². The molecule has 19 heavy (non-hydrogen) atoms. The predicted molar refractivity (Wildman–Crippen MR) is 78.1 cm³/mol. The molecule has 0 aromatic rings. The fourth-order valence-electron chi connectivity index (χ4n) is 2.98. The van der Waals surface area contributed by atoms with E-state index in [9.17, 15) is 4.79 Å². The molecule has 0 amide bonds. The summed E-state index contributed by atoms with van der Waals surface area (Å²) in [6.07, 6.45) is 7.95. The Balaban J connectivity index is 2.25. The minimum absolute atomic E-state index is 0.539. The maximum atomic E-state index is 10.9. The lowest BCUT2D eigenvalue weighted by atomic mass is 9.84. The zero-order valence-electron chi connectivity index (χ0n) is 12.7. The van der Waals surface area contributed by atoms with Crippen molar-refractivity contribution in [1.82, 2.24) is 4.90 Å². The first-order chi connectivity index (χ1) is 8.86. The SMILES string of the molecule is CCC1CCC(N(C)CCCC(C)(N)C(=O)O)CC1. The number of hydrogen-bond donors (Lipinski definition) is 2. The molecule has 0 spiro atoms. The van der Waals surface area contributed by atoms with Crippen molar-refractivity contribution in [2.24, 2.45) is 11.7 Å². The fraction of sp³-hybridized carbons (Fsp3) is 0.933. The molecular formula is C15H30N2O2. The molecule has 0 bridgehead atoms. The molecule has 1 aliphatic rings. The number of carbonyl (C=O) groups is 1. The van der Waals surface area contributed by atoms with Gasteiger partial charge in [0.25, 0.3) is 0 Å². The minimum atomic E-state index is -1.08. The third-order valence-electron chi connectivity index (χ3n) is 4.71. The maximum Gasteiger partial charge on any atom is 0.323 e. The molecule has 4 heteroatoms. The number of carboxylic acids is 1. The topological polar surface area (TPSA) is 66.6 Å². The van der Waals surface area contributed by atoms with Gasteiger partial charge in [-0.2, -0.15) is 0 Å². The summed E-state index contributed by atoms with van der Waals surface area (Å²) >= 11 is 0. The van der Waals surface area contributed by atoms with Crippen LogP contribution in [-0.4, -0.2) is 41.1 Å². The molecule has 0 radical (unpaired) electrons. The molecule has 4 nitrogen and oxygen atoms in total. The van der Waals surface area contributed by atoms with Gasteiger partial charge in [0.2, 0.25) is 0 Å². The van der Waals surface area contributed by atoms with Crippen molar-refractivity contribution in [2.75, 3.05) is 13.6 Å². The van der Waals surface area contributed by atoms with E-state index in [-0.39, 0.29) is 0 Å². The van der Waals surface area contributed by atoms with Gasteiger partial charge in [-0.05, 0) is 65.0 Å². The van der Waals surface area contributed by atoms with Crippen molar-refractivity contribution in [3.8, 4) is 0 Å². The van der Waals surface area contributed by atoms with Crippen LogP contribution in [0.15, 0.2) is 0 Å². The fourth-order valence-corrected chi connectivity index (χ4v) is 2.98. The Kier molecular flexibility index (Phi) is 6.27. The van der Waals surface area contributed by atoms with Crippen LogP contribution in [-0.2, 0) is 4.79 Å². The average Bonchev–Trinajstić information content (AvgIpc) is 2.38. The lowest BCUT2D eigenvalue weighted by Crippen LogP contribution is -2.45. The molecule has 0 aliphatic heterocycles. The molecule has 0 aromatic carbocycles. The lowest BCUT2D eigenvalue weighted by Gasteiger charge is -2.34. The van der Waals surface area contributed by atoms with Crippen LogP contribution >= 0.6 is 0 Å². The van der Waals surface area contributed by atoms with Gasteiger partial charge in [-0.15, -0.1) is 0 Å². The molecule has 0 saturated heterocycles. The van der Waals surface area contributed by atoms with Crippen molar-refractivity contribution < 1.29 is 9.90 Å². The van der Waals surface area contributed by atoms with Gasteiger partial charge >= 0.3 is 5.97 Å². The van der Waals surface area contributed by atoms with Crippen LogP contribution in [0.2, 0.25) is 0 Å². The summed E-state index contributed by atoms with van der Waals surface area (Å²) in [4.78, 5) is 13.3. The van der Waals surface area contributed by atoms with Gasteiger partial charge in [-0.25, -0.2) is 0 Å². The number of hydrogen-bond acceptors (Lipinski definition) is 3. The van der Waals surface area contributed by atoms with Gasteiger partial charge in [0.1, 0.15) is 5.54 Å². The Morgan fingerprint density at radius 1 is 1.37 bits per heavy atom. The van der Waals surface area contributed by atoms with E-state index in [0.29, 0.717) is 12.5 Å². The molecular weight excluding hydrogens is 240 g/mol. The molecule has 1 saturated carbocycles. The van der Waals surface area contributed by atoms with E-state index in [1.54, 1.807) is 6.92 Å². The van der Waals surface area contributed by atoms with Crippen molar-refractivity contribution in [3.05, 3.63) is 0 Å². The molecule has 1 atom stereocenters. The van der Waals surface area contributed by atoms with Crippen molar-refractivity contribution >= 4 is 5.97 Å². The monoisotopic (exact) mass is 270 g/mol. The minimum Gasteiger partial charge on any atom is -0.480 e. The lowest BCUT2D eigenvalue weighted by molar-refractivity contribution is -0.142. The highest BCUT2D eigenvalue weighted by Crippen LogP contribution is 2.29. The number of carboxylic acid groups (broad SMARTS) is 1. The Hall–Kier alpha value is -0.610. The maximum absolute atomic E-state index is 10.9. The number of rotatable bonds is 7. The first-order valence-corrected chi connectivity index (χ1v) is 7.59. The third kappa shape index (κ3) is 5.11. The van der Waals surface area contributed by atoms with Gasteiger partial charge in [-0.3, -0.25) is 4.79 Å². The summed E-state index contributed by atoms with van der Waals surface area (Å²) in [6.45, 7) is 4.83. The zero-order valence-corrected chi connectivity index (χ0v) is 12.7. The second-order valence-electron chi connectivity index (χ2n) is 6.39. The standard InChI is InChI=1S/C15H30N2O2/c1-4-12-6-8-13(9-7-12)17(3)11-5-10-15(2,16)14(18)19/h12-13H,4-11,16H2,1-3H3,(H,18,19). The van der Waals surface area contributed by atoms with Gasteiger partial charge < -0.3 is 15.7 Å². The van der Waals surface area contributed by atoms with Crippen LogP contribution in [0.4, 0.5) is 0 Å². The molecule has 1 aliphatic carbocycles. The highest BCUT2D eigenvalue weighted by Gasteiger charge is 2.28. The highest BCUT2D eigenvalue weighted by molar-refractivity contribution is 5.77. The molecule has 0 aromatic heterocycles. The van der Waals surface area contributed by atoms with E-state index >= 15 is 0 Å². The van der Waals surface area contributed by atoms with Crippen molar-refractivity contribution in [1.29, 1.82) is 0 Å². The summed E-state index contributed by atoms with van der Waals surface area (Å²) in [5, 5.41) is 8.97. The van der Waals surface area contributed by atoms with E-state index in [4.69, 9.17) is 10.8 Å². The van der Waals surface area contributed by atoms with Gasteiger partial charge in [0.05, 0.1) is 0 Å². The Morgan fingerprint density at radius 2 is 1.95 bits per heavy atom. The Morgan fingerprint density at radius 3 is 2.42 bits per heavy atom. The van der Waals surface area contributed by atoms with Crippen molar-refractivity contribution in [3.63, 3.8) is 0 Å². The molecule has 1 rings (SSSR count). The zero-order chi connectivity index (χ0) is 14.5. The van der Waals surface area contributed by atoms with E-state index in [2.05, 4.69) is 18.9 Å². The molecule has 0 heterocycles. The van der Waals surface area contributed by atoms with Gasteiger partial charge in [0, 0.05) is 6.04 Å². The van der Waals surface area contributed by atoms with Crippen LogP contribution in [0.25, 0.3) is 0 Å². The van der Waals surface area contributed by atoms with Crippen LogP contribution in [0, 0.1) is 5.92 Å². The second-order valence-corrected chi connectivity index (χ2v) is 6.39. The van der Waals surface area contributed by atoms with Crippen LogP contribution < -0.4 is 5.73 Å². The summed E-state index contributed by atoms with van der Waals surface area (Å²) in [6, 6.07) is 0.677. The van der Waals surface area contributed by atoms with Crippen LogP contribution in [0.5, 0.6) is 0 Å². The predicted octanol–water partition coefficient (Wildman–Crippen LogP) is 2.47. The van der Waals surface area contributed by atoms with E-state index in [1.807, 2.05) is 0 Å². The van der Waals surface area contributed by atoms with Crippen LogP contribution in [0.3, 0.4) is 0 Å². The van der Waals surface area contributed by atoms with Crippen molar-refractivity contribution in [2.45, 2.75) is 70.4 Å². The highest BCUT2D eigenvalue weighted by atomic mass is 16.4. The normalized spacial score (nSPS) is 27.2. The quantitative estimate of drug-likeness (QED) is 0.746. The number of aliphatic carboxylic acids is 1. The second kappa shape index (κ2) is 7.25. The first kappa shape index (κ1) is 16.4. The Labute approximate surface area is 117 Å². The number of nitrogens with zero attached hydrogens (tertiary/aromatic N) is 1. The Bertz CT molecular complexity index is 284. The summed E-state index contributed by atoms with van der Waals surface area (Å²) in [5.74, 6) is 0.0163. The summed E-state index contributed by atoms with van der Waals surface area (Å²) in [7, 11) is 2.16. The van der Waals surface area contributed by atoms with Gasteiger partial charge in [0.15, 0.2) is 0 Å². The molecule has 112 valence electrons. The third-order valence-corrected chi connectivity index (χ3v) is 4.71. The van der Waals surface area contributed by atoms with Crippen LogP contribution in [0.1, 0.15) is 58.8 Å². The largest absolute Gasteiger partial charge is 0.480 e. The van der Waals surface area contributed by atoms with Gasteiger partial charge in [-0.1, -0.05) is 13.3 Å². The average molecular weight is 270 g/mol. The molecule has 1 unspecified atom stereocenters. The summed E-state index contributed by atoms with van der Waals surface area (Å²) in [5.41, 5.74) is 4.66. The number of nitrogens with two attached hydrogens (primary N) is 1. The first-order valence-electron chi connectivity index (χ1n) is 7.59. The van der Waals surface area contributed by atoms with E-state index < -0.39 is 11.5 Å². The summed E-state index contributed by atoms with van der Waals surface area (Å²) < 4.78 is 0. The smallest absolute Gasteiger partial charge is 0.323 e. The molecule has 3 N–H and O–H groups in total. The molecule has 1 fully saturated rings.